The van der Waals surface area contributed by atoms with Gasteiger partial charge in [-0.1, -0.05) is 44.2 Å². The Kier molecular flexibility index (Phi) is 3.50. The lowest BCUT2D eigenvalue weighted by atomic mass is 9.70. The molecule has 2 rings (SSSR count). The number of hydrogen-bond donors (Lipinski definition) is 0. The van der Waals surface area contributed by atoms with E-state index in [2.05, 4.69) is 45.4 Å². The van der Waals surface area contributed by atoms with E-state index in [1.54, 1.807) is 0 Å². The maximum atomic E-state index is 5.79. The molecule has 1 aliphatic heterocycles. The highest BCUT2D eigenvalue weighted by molar-refractivity contribution is 6.67. The van der Waals surface area contributed by atoms with Gasteiger partial charge in [0, 0.05) is 0 Å². The Balaban J connectivity index is 2.16. The largest absolute Gasteiger partial charge is 0.494 e. The fourth-order valence-electron chi connectivity index (χ4n) is 1.64. The third-order valence-corrected chi connectivity index (χ3v) is 2.43. The van der Waals surface area contributed by atoms with E-state index >= 15 is 0 Å². The number of ether oxygens (including phenoxy) is 1. The Hall–Kier alpha value is -1.44. The van der Waals surface area contributed by atoms with E-state index < -0.39 is 0 Å². The second-order valence-electron chi connectivity index (χ2n) is 4.37. The van der Waals surface area contributed by atoms with Crippen molar-refractivity contribution in [3.63, 3.8) is 0 Å². The topological polar surface area (TPSA) is 9.23 Å². The number of rotatable bonds is 4. The average molecular weight is 211 g/mol. The van der Waals surface area contributed by atoms with Crippen molar-refractivity contribution in [2.24, 2.45) is 5.92 Å². The molecule has 0 saturated heterocycles. The third-order valence-electron chi connectivity index (χ3n) is 2.43. The van der Waals surface area contributed by atoms with Crippen LogP contribution >= 0.6 is 0 Å². The normalized spacial score (nSPS) is 14.4. The zero-order valence-electron chi connectivity index (χ0n) is 9.81. The van der Waals surface area contributed by atoms with Gasteiger partial charge in [-0.2, -0.15) is 0 Å². The summed E-state index contributed by atoms with van der Waals surface area (Å²) in [4.78, 5) is 0. The van der Waals surface area contributed by atoms with Gasteiger partial charge in [0.25, 0.3) is 0 Å². The quantitative estimate of drug-likeness (QED) is 0.694. The van der Waals surface area contributed by atoms with Crippen LogP contribution in [0.1, 0.15) is 19.4 Å². The highest BCUT2D eigenvalue weighted by Gasteiger charge is 2.13. The standard InChI is InChI=1S/C14H16BO/c1-11(2)10-16-13-8-9-15-14(13)12-6-4-3-5-7-12/h3-9,11H,10H2,1-2H3. The van der Waals surface area contributed by atoms with E-state index in [4.69, 9.17) is 4.74 Å². The van der Waals surface area contributed by atoms with Crippen LogP contribution in [0.5, 0.6) is 0 Å². The summed E-state index contributed by atoms with van der Waals surface area (Å²) in [5.41, 5.74) is 2.40. The van der Waals surface area contributed by atoms with Gasteiger partial charge in [0.05, 0.1) is 6.61 Å². The summed E-state index contributed by atoms with van der Waals surface area (Å²) < 4.78 is 5.79. The smallest absolute Gasteiger partial charge is 0.187 e. The summed E-state index contributed by atoms with van der Waals surface area (Å²) in [6, 6.07) is 10.3. The van der Waals surface area contributed by atoms with Crippen molar-refractivity contribution in [1.29, 1.82) is 0 Å². The summed E-state index contributed by atoms with van der Waals surface area (Å²) in [5, 5.41) is 0. The predicted octanol–water partition coefficient (Wildman–Crippen LogP) is 3.26. The van der Waals surface area contributed by atoms with Crippen LogP contribution in [0.2, 0.25) is 0 Å². The second kappa shape index (κ2) is 5.06. The van der Waals surface area contributed by atoms with E-state index in [-0.39, 0.29) is 0 Å². The molecular weight excluding hydrogens is 195 g/mol. The second-order valence-corrected chi connectivity index (χ2v) is 4.37. The fourth-order valence-corrected chi connectivity index (χ4v) is 1.64. The average Bonchev–Trinajstić information content (AvgIpc) is 2.75. The molecule has 0 saturated carbocycles. The summed E-state index contributed by atoms with van der Waals surface area (Å²) in [5.74, 6) is 3.58. The van der Waals surface area contributed by atoms with Gasteiger partial charge in [-0.25, -0.2) is 0 Å². The molecule has 0 amide bonds. The Morgan fingerprint density at radius 1 is 1.19 bits per heavy atom. The molecule has 0 fully saturated rings. The molecule has 0 bridgehead atoms. The van der Waals surface area contributed by atoms with E-state index in [0.717, 1.165) is 12.4 Å². The third kappa shape index (κ3) is 2.57. The molecule has 1 heterocycles. The highest BCUT2D eigenvalue weighted by atomic mass is 16.5. The zero-order valence-corrected chi connectivity index (χ0v) is 9.81. The first-order valence-corrected chi connectivity index (χ1v) is 5.71. The van der Waals surface area contributed by atoms with Crippen molar-refractivity contribution in [3.05, 3.63) is 53.7 Å². The van der Waals surface area contributed by atoms with Crippen molar-refractivity contribution in [1.82, 2.24) is 0 Å². The van der Waals surface area contributed by atoms with Crippen molar-refractivity contribution in [2.75, 3.05) is 6.61 Å². The van der Waals surface area contributed by atoms with Crippen LogP contribution in [-0.4, -0.2) is 13.9 Å². The van der Waals surface area contributed by atoms with Gasteiger partial charge in [-0.15, -0.1) is 5.98 Å². The first kappa shape index (κ1) is 11.1. The minimum absolute atomic E-state index is 0.554. The minimum atomic E-state index is 0.554. The van der Waals surface area contributed by atoms with Crippen LogP contribution in [0.3, 0.4) is 0 Å². The molecule has 0 aromatic heterocycles. The predicted molar refractivity (Wildman–Crippen MR) is 69.0 cm³/mol. The molecule has 81 valence electrons. The summed E-state index contributed by atoms with van der Waals surface area (Å²) >= 11 is 0. The first-order chi connectivity index (χ1) is 7.77. The maximum Gasteiger partial charge on any atom is 0.187 e. The van der Waals surface area contributed by atoms with Gasteiger partial charge >= 0.3 is 0 Å². The summed E-state index contributed by atoms with van der Waals surface area (Å²) in [7, 11) is 2.10. The molecule has 1 aromatic rings. The Morgan fingerprint density at radius 2 is 1.94 bits per heavy atom. The van der Waals surface area contributed by atoms with Crippen molar-refractivity contribution in [3.8, 4) is 0 Å². The van der Waals surface area contributed by atoms with Crippen LogP contribution in [-0.2, 0) is 4.74 Å². The molecule has 0 spiro atoms. The Morgan fingerprint density at radius 3 is 2.62 bits per heavy atom. The molecule has 1 aromatic carbocycles. The number of benzene rings is 1. The van der Waals surface area contributed by atoms with E-state index in [9.17, 15) is 0 Å². The monoisotopic (exact) mass is 211 g/mol. The zero-order chi connectivity index (χ0) is 11.4. The van der Waals surface area contributed by atoms with E-state index in [1.165, 1.54) is 11.0 Å². The van der Waals surface area contributed by atoms with Gasteiger partial charge in [0.2, 0.25) is 0 Å². The van der Waals surface area contributed by atoms with Crippen LogP contribution in [0.15, 0.2) is 48.1 Å². The lowest BCUT2D eigenvalue weighted by Gasteiger charge is -2.11. The maximum absolute atomic E-state index is 5.79. The summed E-state index contributed by atoms with van der Waals surface area (Å²) in [6.07, 6.45) is 2.03. The van der Waals surface area contributed by atoms with Crippen LogP contribution in [0.4, 0.5) is 0 Å². The molecular formula is C14H16BO. The Labute approximate surface area is 98.1 Å². The molecule has 2 heteroatoms. The number of hydrogen-bond acceptors (Lipinski definition) is 1. The lowest BCUT2D eigenvalue weighted by molar-refractivity contribution is 0.192. The van der Waals surface area contributed by atoms with Crippen molar-refractivity contribution < 1.29 is 4.74 Å². The van der Waals surface area contributed by atoms with Gasteiger partial charge in [0.1, 0.15) is 5.76 Å². The first-order valence-electron chi connectivity index (χ1n) is 5.71. The van der Waals surface area contributed by atoms with Gasteiger partial charge in [-0.05, 0) is 23.0 Å². The van der Waals surface area contributed by atoms with Crippen molar-refractivity contribution >= 4 is 12.8 Å². The lowest BCUT2D eigenvalue weighted by Crippen LogP contribution is -2.02. The van der Waals surface area contributed by atoms with Gasteiger partial charge in [-0.3, -0.25) is 0 Å². The van der Waals surface area contributed by atoms with E-state index in [0.29, 0.717) is 5.92 Å². The molecule has 16 heavy (non-hydrogen) atoms. The van der Waals surface area contributed by atoms with Crippen molar-refractivity contribution in [2.45, 2.75) is 13.8 Å². The molecule has 0 aliphatic carbocycles. The van der Waals surface area contributed by atoms with Crippen LogP contribution in [0, 0.1) is 5.92 Å². The van der Waals surface area contributed by atoms with Gasteiger partial charge in [0.15, 0.2) is 7.28 Å². The SMILES string of the molecule is CC(C)COC1=C(c2ccccc2)[B]C=C1. The highest BCUT2D eigenvalue weighted by Crippen LogP contribution is 2.24. The van der Waals surface area contributed by atoms with Crippen LogP contribution < -0.4 is 0 Å². The summed E-state index contributed by atoms with van der Waals surface area (Å²) in [6.45, 7) is 5.08. The molecule has 0 atom stereocenters. The molecule has 1 radical (unpaired) electrons. The number of allylic oxidation sites excluding steroid dienone is 1. The van der Waals surface area contributed by atoms with Gasteiger partial charge < -0.3 is 4.74 Å². The van der Waals surface area contributed by atoms with Crippen LogP contribution in [0.25, 0.3) is 5.47 Å². The fraction of sp³-hybridized carbons (Fsp3) is 0.286. The Bertz CT molecular complexity index is 404. The molecule has 0 N–H and O–H groups in total. The minimum Gasteiger partial charge on any atom is -0.494 e. The van der Waals surface area contributed by atoms with E-state index in [1.807, 2.05) is 18.1 Å². The molecule has 1 aliphatic rings. The molecule has 0 unspecified atom stereocenters. The molecule has 1 nitrogen and oxygen atoms in total.